The third kappa shape index (κ3) is 3.34. The molecule has 2 nitrogen and oxygen atoms in total. The first-order valence-corrected chi connectivity index (χ1v) is 7.60. The van der Waals surface area contributed by atoms with Gasteiger partial charge in [0.15, 0.2) is 0 Å². The van der Waals surface area contributed by atoms with Gasteiger partial charge in [0.1, 0.15) is 5.75 Å². The zero-order chi connectivity index (χ0) is 13.0. The molecule has 0 fully saturated rings. The van der Waals surface area contributed by atoms with Crippen molar-refractivity contribution in [3.63, 3.8) is 0 Å². The van der Waals surface area contributed by atoms with Crippen molar-refractivity contribution >= 4 is 27.3 Å². The maximum atomic E-state index is 6.23. The Morgan fingerprint density at radius 3 is 2.61 bits per heavy atom. The predicted molar refractivity (Wildman–Crippen MR) is 80.3 cm³/mol. The number of benzene rings is 1. The molecule has 2 N–H and O–H groups in total. The van der Waals surface area contributed by atoms with Crippen molar-refractivity contribution in [3.8, 4) is 5.75 Å². The van der Waals surface area contributed by atoms with Crippen LogP contribution in [-0.4, -0.2) is 6.61 Å². The molecule has 1 unspecified atom stereocenters. The fourth-order valence-corrected chi connectivity index (χ4v) is 3.12. The smallest absolute Gasteiger partial charge is 0.119 e. The van der Waals surface area contributed by atoms with E-state index in [4.69, 9.17) is 10.5 Å². The monoisotopic (exact) mass is 325 g/mol. The highest BCUT2D eigenvalue weighted by molar-refractivity contribution is 9.10. The Labute approximate surface area is 120 Å². The van der Waals surface area contributed by atoms with Crippen LogP contribution in [0.4, 0.5) is 0 Å². The Hall–Kier alpha value is -0.840. The summed E-state index contributed by atoms with van der Waals surface area (Å²) < 4.78 is 6.64. The van der Waals surface area contributed by atoms with E-state index < -0.39 is 0 Å². The Morgan fingerprint density at radius 2 is 2.06 bits per heavy atom. The zero-order valence-corrected chi connectivity index (χ0v) is 12.6. The summed E-state index contributed by atoms with van der Waals surface area (Å²) in [5.41, 5.74) is 7.33. The summed E-state index contributed by atoms with van der Waals surface area (Å²) in [4.78, 5) is 1.16. The van der Waals surface area contributed by atoms with E-state index in [0.29, 0.717) is 0 Å². The van der Waals surface area contributed by atoms with E-state index in [9.17, 15) is 0 Å². The topological polar surface area (TPSA) is 35.2 Å². The van der Waals surface area contributed by atoms with Gasteiger partial charge in [-0.1, -0.05) is 19.1 Å². The quantitative estimate of drug-likeness (QED) is 0.887. The maximum absolute atomic E-state index is 6.23. The standard InChI is InChI=1S/C14H16BrNOS/c1-2-7-17-12-5-3-10(4-6-12)14(16)13-8-11(15)9-18-13/h3-6,8-9,14H,2,7,16H2,1H3. The average molecular weight is 326 g/mol. The van der Waals surface area contributed by atoms with E-state index in [-0.39, 0.29) is 6.04 Å². The van der Waals surface area contributed by atoms with Gasteiger partial charge in [-0.25, -0.2) is 0 Å². The van der Waals surface area contributed by atoms with E-state index in [1.807, 2.05) is 29.6 Å². The highest BCUT2D eigenvalue weighted by atomic mass is 79.9. The predicted octanol–water partition coefficient (Wildman–Crippen LogP) is 4.35. The molecule has 18 heavy (non-hydrogen) atoms. The van der Waals surface area contributed by atoms with Crippen molar-refractivity contribution in [1.29, 1.82) is 0 Å². The van der Waals surface area contributed by atoms with Gasteiger partial charge in [0, 0.05) is 14.7 Å². The molecule has 0 bridgehead atoms. The molecule has 96 valence electrons. The van der Waals surface area contributed by atoms with Crippen LogP contribution in [0.2, 0.25) is 0 Å². The Bertz CT molecular complexity index is 495. The fourth-order valence-electron chi connectivity index (χ4n) is 1.65. The summed E-state index contributed by atoms with van der Waals surface area (Å²) in [6.45, 7) is 2.85. The lowest BCUT2D eigenvalue weighted by Crippen LogP contribution is -2.10. The first kappa shape index (κ1) is 13.6. The molecule has 0 spiro atoms. The van der Waals surface area contributed by atoms with Gasteiger partial charge in [-0.2, -0.15) is 0 Å². The fraction of sp³-hybridized carbons (Fsp3) is 0.286. The van der Waals surface area contributed by atoms with Gasteiger partial charge in [-0.15, -0.1) is 11.3 Å². The SMILES string of the molecule is CCCOc1ccc(C(N)c2cc(Br)cs2)cc1. The molecule has 1 aromatic carbocycles. The Morgan fingerprint density at radius 1 is 1.33 bits per heavy atom. The highest BCUT2D eigenvalue weighted by Gasteiger charge is 2.11. The summed E-state index contributed by atoms with van der Waals surface area (Å²) in [6.07, 6.45) is 1.02. The van der Waals surface area contributed by atoms with Gasteiger partial charge in [0.05, 0.1) is 12.6 Å². The summed E-state index contributed by atoms with van der Waals surface area (Å²) in [5, 5.41) is 2.05. The second kappa shape index (κ2) is 6.36. The molecule has 0 aliphatic rings. The van der Waals surface area contributed by atoms with Crippen LogP contribution in [0.15, 0.2) is 40.2 Å². The van der Waals surface area contributed by atoms with Crippen LogP contribution < -0.4 is 10.5 Å². The summed E-state index contributed by atoms with van der Waals surface area (Å²) in [5.74, 6) is 0.903. The van der Waals surface area contributed by atoms with Gasteiger partial charge >= 0.3 is 0 Å². The summed E-state index contributed by atoms with van der Waals surface area (Å²) in [7, 11) is 0. The van der Waals surface area contributed by atoms with Gasteiger partial charge in [0.2, 0.25) is 0 Å². The van der Waals surface area contributed by atoms with E-state index in [1.54, 1.807) is 11.3 Å². The lowest BCUT2D eigenvalue weighted by Gasteiger charge is -2.11. The van der Waals surface area contributed by atoms with Crippen LogP contribution >= 0.6 is 27.3 Å². The van der Waals surface area contributed by atoms with Crippen molar-refractivity contribution in [2.24, 2.45) is 5.73 Å². The van der Waals surface area contributed by atoms with Crippen LogP contribution in [0, 0.1) is 0 Å². The first-order chi connectivity index (χ1) is 8.70. The second-order valence-corrected chi connectivity index (χ2v) is 5.92. The van der Waals surface area contributed by atoms with Gasteiger partial charge < -0.3 is 10.5 Å². The minimum absolute atomic E-state index is 0.0680. The second-order valence-electron chi connectivity index (χ2n) is 4.06. The maximum Gasteiger partial charge on any atom is 0.119 e. The number of hydrogen-bond acceptors (Lipinski definition) is 3. The van der Waals surface area contributed by atoms with Gasteiger partial charge in [-0.05, 0) is 46.1 Å². The van der Waals surface area contributed by atoms with Crippen molar-refractivity contribution < 1.29 is 4.74 Å². The lowest BCUT2D eigenvalue weighted by molar-refractivity contribution is 0.317. The van der Waals surface area contributed by atoms with E-state index in [1.165, 1.54) is 0 Å². The molecule has 1 heterocycles. The largest absolute Gasteiger partial charge is 0.494 e. The third-order valence-corrected chi connectivity index (χ3v) is 4.38. The van der Waals surface area contributed by atoms with E-state index >= 15 is 0 Å². The van der Waals surface area contributed by atoms with Gasteiger partial charge in [0.25, 0.3) is 0 Å². The molecule has 0 aliphatic heterocycles. The van der Waals surface area contributed by atoms with Gasteiger partial charge in [-0.3, -0.25) is 0 Å². The van der Waals surface area contributed by atoms with E-state index in [0.717, 1.165) is 33.7 Å². The Balaban J connectivity index is 2.09. The number of rotatable bonds is 5. The van der Waals surface area contributed by atoms with Crippen LogP contribution in [0.5, 0.6) is 5.75 Å². The summed E-state index contributed by atoms with van der Waals surface area (Å²) >= 11 is 5.12. The number of nitrogens with two attached hydrogens (primary N) is 1. The van der Waals surface area contributed by atoms with Crippen molar-refractivity contribution in [2.45, 2.75) is 19.4 Å². The third-order valence-electron chi connectivity index (χ3n) is 2.61. The molecule has 2 rings (SSSR count). The van der Waals surface area contributed by atoms with E-state index in [2.05, 4.69) is 28.9 Å². The van der Waals surface area contributed by atoms with Crippen molar-refractivity contribution in [2.75, 3.05) is 6.61 Å². The Kier molecular flexibility index (Phi) is 4.80. The highest BCUT2D eigenvalue weighted by Crippen LogP contribution is 2.29. The molecular formula is C14H16BrNOS. The molecule has 0 radical (unpaired) electrons. The molecule has 0 saturated carbocycles. The normalized spacial score (nSPS) is 12.4. The molecule has 1 aromatic heterocycles. The molecular weight excluding hydrogens is 310 g/mol. The number of thiophene rings is 1. The van der Waals surface area contributed by atoms with Crippen LogP contribution in [0.1, 0.15) is 29.8 Å². The molecule has 4 heteroatoms. The molecule has 0 amide bonds. The van der Waals surface area contributed by atoms with Crippen LogP contribution in [-0.2, 0) is 0 Å². The zero-order valence-electron chi connectivity index (χ0n) is 10.2. The molecule has 2 aromatic rings. The number of ether oxygens (including phenoxy) is 1. The number of halogens is 1. The molecule has 1 atom stereocenters. The van der Waals surface area contributed by atoms with Crippen molar-refractivity contribution in [1.82, 2.24) is 0 Å². The van der Waals surface area contributed by atoms with Crippen LogP contribution in [0.3, 0.4) is 0 Å². The molecule has 0 aliphatic carbocycles. The number of hydrogen-bond donors (Lipinski definition) is 1. The minimum Gasteiger partial charge on any atom is -0.494 e. The van der Waals surface area contributed by atoms with Crippen LogP contribution in [0.25, 0.3) is 0 Å². The van der Waals surface area contributed by atoms with Crippen molar-refractivity contribution in [3.05, 3.63) is 50.6 Å². The minimum atomic E-state index is -0.0680. The molecule has 0 saturated heterocycles. The first-order valence-electron chi connectivity index (χ1n) is 5.93. The average Bonchev–Trinajstić information content (AvgIpc) is 2.83. The summed E-state index contributed by atoms with van der Waals surface area (Å²) in [6, 6.07) is 10.0. The lowest BCUT2D eigenvalue weighted by atomic mass is 10.1.